The number of amides is 1. The average Bonchev–Trinajstić information content (AvgIpc) is 3.40. The minimum atomic E-state index is -0.321. The molecule has 0 aliphatic carbocycles. The fourth-order valence-corrected chi connectivity index (χ4v) is 3.10. The van der Waals surface area contributed by atoms with Gasteiger partial charge in [-0.05, 0) is 49.2 Å². The number of hydrogen-bond donors (Lipinski definition) is 1. The Morgan fingerprint density at radius 2 is 2.04 bits per heavy atom. The van der Waals surface area contributed by atoms with Crippen molar-refractivity contribution in [3.8, 4) is 11.5 Å². The lowest BCUT2D eigenvalue weighted by Crippen LogP contribution is -2.32. The highest BCUT2D eigenvalue weighted by atomic mass is 19.1. The molecule has 4 rings (SSSR count). The van der Waals surface area contributed by atoms with Gasteiger partial charge < -0.3 is 14.6 Å². The minimum absolute atomic E-state index is 0.0705. The summed E-state index contributed by atoms with van der Waals surface area (Å²) >= 11 is 0. The maximum Gasteiger partial charge on any atom is 0.256 e. The Kier molecular flexibility index (Phi) is 4.53. The summed E-state index contributed by atoms with van der Waals surface area (Å²) in [5.41, 5.74) is 1.12. The third kappa shape index (κ3) is 3.25. The molecular formula is C19H19FN4O2. The van der Waals surface area contributed by atoms with E-state index in [9.17, 15) is 9.18 Å². The van der Waals surface area contributed by atoms with E-state index in [1.54, 1.807) is 16.8 Å². The summed E-state index contributed by atoms with van der Waals surface area (Å²) in [6, 6.07) is 9.74. The number of hydrogen-bond acceptors (Lipinski definition) is 3. The number of ether oxygens (including phenoxy) is 1. The van der Waals surface area contributed by atoms with Crippen LogP contribution in [0.5, 0.6) is 0 Å². The van der Waals surface area contributed by atoms with E-state index in [0.29, 0.717) is 23.6 Å². The Balaban J connectivity index is 1.66. The molecule has 1 fully saturated rings. The topological polar surface area (TPSA) is 61.1 Å². The van der Waals surface area contributed by atoms with Crippen molar-refractivity contribution < 1.29 is 13.9 Å². The van der Waals surface area contributed by atoms with E-state index in [2.05, 4.69) is 10.4 Å². The highest BCUT2D eigenvalue weighted by molar-refractivity contribution is 5.97. The predicted octanol–water partition coefficient (Wildman–Crippen LogP) is 2.71. The molecule has 6 nitrogen and oxygen atoms in total. The van der Waals surface area contributed by atoms with Crippen LogP contribution in [0.25, 0.3) is 11.5 Å². The van der Waals surface area contributed by atoms with Crippen LogP contribution in [0.1, 0.15) is 23.2 Å². The van der Waals surface area contributed by atoms with E-state index < -0.39 is 0 Å². The lowest BCUT2D eigenvalue weighted by Gasteiger charge is -2.13. The van der Waals surface area contributed by atoms with E-state index in [-0.39, 0.29) is 17.8 Å². The van der Waals surface area contributed by atoms with Gasteiger partial charge in [0.15, 0.2) is 5.82 Å². The van der Waals surface area contributed by atoms with E-state index in [0.717, 1.165) is 19.4 Å². The molecule has 1 saturated heterocycles. The number of nitrogens with one attached hydrogen (secondary N) is 1. The normalized spacial score (nSPS) is 16.7. The van der Waals surface area contributed by atoms with E-state index in [1.165, 1.54) is 18.3 Å². The molecule has 26 heavy (non-hydrogen) atoms. The summed E-state index contributed by atoms with van der Waals surface area (Å²) in [7, 11) is 0. The summed E-state index contributed by atoms with van der Waals surface area (Å²) in [4.78, 5) is 12.7. The SMILES string of the molecule is O=C(NC[C@H]1CCCO1)c1cnn(-c2ccc(F)cc2)c1-n1cccc1. The molecule has 3 heterocycles. The van der Waals surface area contributed by atoms with Crippen LogP contribution in [0.15, 0.2) is 55.0 Å². The predicted molar refractivity (Wildman–Crippen MR) is 94.2 cm³/mol. The van der Waals surface area contributed by atoms with Gasteiger partial charge in [-0.15, -0.1) is 0 Å². The maximum atomic E-state index is 13.2. The number of aromatic nitrogens is 3. The average molecular weight is 354 g/mol. The van der Waals surface area contributed by atoms with Crippen LogP contribution in [0.2, 0.25) is 0 Å². The Bertz CT molecular complexity index is 881. The zero-order chi connectivity index (χ0) is 17.9. The first-order chi connectivity index (χ1) is 12.7. The lowest BCUT2D eigenvalue weighted by molar-refractivity contribution is 0.0857. The highest BCUT2D eigenvalue weighted by Crippen LogP contribution is 2.20. The van der Waals surface area contributed by atoms with Crippen molar-refractivity contribution in [3.05, 3.63) is 66.4 Å². The van der Waals surface area contributed by atoms with Crippen molar-refractivity contribution in [1.29, 1.82) is 0 Å². The van der Waals surface area contributed by atoms with E-state index in [4.69, 9.17) is 4.74 Å². The molecule has 7 heteroatoms. The molecule has 1 N–H and O–H groups in total. The van der Waals surface area contributed by atoms with Crippen molar-refractivity contribution in [2.24, 2.45) is 0 Å². The summed E-state index contributed by atoms with van der Waals surface area (Å²) < 4.78 is 22.2. The van der Waals surface area contributed by atoms with Gasteiger partial charge in [0.1, 0.15) is 11.4 Å². The second kappa shape index (κ2) is 7.13. The summed E-state index contributed by atoms with van der Waals surface area (Å²) in [5, 5.41) is 7.28. The van der Waals surface area contributed by atoms with Gasteiger partial charge in [0, 0.05) is 25.5 Å². The standard InChI is InChI=1S/C19H19FN4O2/c20-14-5-7-15(8-6-14)24-19(23-9-1-2-10-23)17(13-22-24)18(25)21-12-16-4-3-11-26-16/h1-2,5-10,13,16H,3-4,11-12H2,(H,21,25)/t16-/m1/s1. The van der Waals surface area contributed by atoms with Crippen molar-refractivity contribution in [2.45, 2.75) is 18.9 Å². The molecule has 0 bridgehead atoms. The fourth-order valence-electron chi connectivity index (χ4n) is 3.10. The number of benzene rings is 1. The van der Waals surface area contributed by atoms with Crippen LogP contribution in [-0.2, 0) is 4.74 Å². The molecule has 3 aromatic rings. The first kappa shape index (κ1) is 16.5. The van der Waals surface area contributed by atoms with Crippen molar-refractivity contribution in [2.75, 3.05) is 13.2 Å². The zero-order valence-corrected chi connectivity index (χ0v) is 14.1. The lowest BCUT2D eigenvalue weighted by atomic mass is 10.2. The summed E-state index contributed by atoms with van der Waals surface area (Å²) in [6.07, 6.45) is 7.27. The van der Waals surface area contributed by atoms with Gasteiger partial charge in [-0.1, -0.05) is 0 Å². The number of rotatable bonds is 5. The van der Waals surface area contributed by atoms with Gasteiger partial charge in [0.25, 0.3) is 5.91 Å². The van der Waals surface area contributed by atoms with Gasteiger partial charge in [0.05, 0.1) is 18.0 Å². The first-order valence-electron chi connectivity index (χ1n) is 8.59. The number of halogens is 1. The van der Waals surface area contributed by atoms with E-state index >= 15 is 0 Å². The molecule has 1 atom stereocenters. The van der Waals surface area contributed by atoms with Crippen molar-refractivity contribution in [1.82, 2.24) is 19.7 Å². The van der Waals surface area contributed by atoms with Crippen LogP contribution in [0.4, 0.5) is 4.39 Å². The van der Waals surface area contributed by atoms with Gasteiger partial charge in [-0.25, -0.2) is 9.07 Å². The zero-order valence-electron chi connectivity index (χ0n) is 14.1. The largest absolute Gasteiger partial charge is 0.376 e. The molecule has 1 amide bonds. The van der Waals surface area contributed by atoms with Gasteiger partial charge >= 0.3 is 0 Å². The third-order valence-electron chi connectivity index (χ3n) is 4.42. The van der Waals surface area contributed by atoms with Gasteiger partial charge in [-0.2, -0.15) is 5.10 Å². The molecule has 1 aliphatic rings. The van der Waals surface area contributed by atoms with Crippen LogP contribution < -0.4 is 5.32 Å². The Morgan fingerprint density at radius 3 is 2.73 bits per heavy atom. The second-order valence-corrected chi connectivity index (χ2v) is 6.21. The second-order valence-electron chi connectivity index (χ2n) is 6.21. The van der Waals surface area contributed by atoms with Crippen molar-refractivity contribution in [3.63, 3.8) is 0 Å². The quantitative estimate of drug-likeness (QED) is 0.766. The molecule has 134 valence electrons. The highest BCUT2D eigenvalue weighted by Gasteiger charge is 2.22. The number of carbonyl (C=O) groups is 1. The Morgan fingerprint density at radius 1 is 1.27 bits per heavy atom. The third-order valence-corrected chi connectivity index (χ3v) is 4.42. The summed E-state index contributed by atoms with van der Waals surface area (Å²) in [6.45, 7) is 1.23. The smallest absolute Gasteiger partial charge is 0.256 e. The molecular weight excluding hydrogens is 335 g/mol. The first-order valence-corrected chi connectivity index (χ1v) is 8.59. The molecule has 0 radical (unpaired) electrons. The Hall–Kier alpha value is -2.93. The maximum absolute atomic E-state index is 13.2. The van der Waals surface area contributed by atoms with E-state index in [1.807, 2.05) is 29.1 Å². The van der Waals surface area contributed by atoms with Gasteiger partial charge in [0.2, 0.25) is 0 Å². The van der Waals surface area contributed by atoms with Crippen LogP contribution >= 0.6 is 0 Å². The number of carbonyl (C=O) groups excluding carboxylic acids is 1. The monoisotopic (exact) mass is 354 g/mol. The molecule has 1 aliphatic heterocycles. The molecule has 0 unspecified atom stereocenters. The minimum Gasteiger partial charge on any atom is -0.376 e. The van der Waals surface area contributed by atoms with Crippen molar-refractivity contribution >= 4 is 5.91 Å². The van der Waals surface area contributed by atoms with Crippen LogP contribution in [-0.4, -0.2) is 39.5 Å². The summed E-state index contributed by atoms with van der Waals surface area (Å²) in [5.74, 6) is 0.0713. The number of nitrogens with zero attached hydrogens (tertiary/aromatic N) is 3. The molecule has 1 aromatic carbocycles. The fraction of sp³-hybridized carbons (Fsp3) is 0.263. The molecule has 2 aromatic heterocycles. The van der Waals surface area contributed by atoms with Crippen LogP contribution in [0.3, 0.4) is 0 Å². The van der Waals surface area contributed by atoms with Gasteiger partial charge in [-0.3, -0.25) is 4.79 Å². The van der Waals surface area contributed by atoms with Crippen LogP contribution in [0, 0.1) is 5.82 Å². The molecule has 0 spiro atoms. The molecule has 0 saturated carbocycles. The Labute approximate surface area is 150 Å².